The fraction of sp³-hybridized carbons (Fsp3) is 0.316. The summed E-state index contributed by atoms with van der Waals surface area (Å²) in [6.45, 7) is 5.45. The first-order chi connectivity index (χ1) is 12.5. The lowest BCUT2D eigenvalue weighted by molar-refractivity contribution is -0.117. The summed E-state index contributed by atoms with van der Waals surface area (Å²) in [6.07, 6.45) is 1.39. The van der Waals surface area contributed by atoms with Gasteiger partial charge in [-0.15, -0.1) is 0 Å². The molecule has 8 heteroatoms. The lowest BCUT2D eigenvalue weighted by Gasteiger charge is -2.31. The van der Waals surface area contributed by atoms with E-state index in [2.05, 4.69) is 5.32 Å². The van der Waals surface area contributed by atoms with Gasteiger partial charge in [0.15, 0.2) is 0 Å². The summed E-state index contributed by atoms with van der Waals surface area (Å²) in [5.41, 5.74) is 2.57. The fourth-order valence-electron chi connectivity index (χ4n) is 2.84. The van der Waals surface area contributed by atoms with E-state index in [1.165, 1.54) is 4.31 Å². The van der Waals surface area contributed by atoms with Gasteiger partial charge in [-0.1, -0.05) is 42.3 Å². The van der Waals surface area contributed by atoms with Crippen LogP contribution in [-0.4, -0.2) is 26.6 Å². The summed E-state index contributed by atoms with van der Waals surface area (Å²) in [6, 6.07) is 9.25. The molecule has 5 nitrogen and oxygen atoms in total. The van der Waals surface area contributed by atoms with E-state index in [1.807, 2.05) is 26.0 Å². The smallest absolute Gasteiger partial charge is 0.248 e. The van der Waals surface area contributed by atoms with Gasteiger partial charge in [-0.3, -0.25) is 9.10 Å². The van der Waals surface area contributed by atoms with E-state index < -0.39 is 22.0 Å². The van der Waals surface area contributed by atoms with Crippen molar-refractivity contribution in [3.05, 3.63) is 57.6 Å². The van der Waals surface area contributed by atoms with E-state index in [0.717, 1.165) is 17.4 Å². The highest BCUT2D eigenvalue weighted by atomic mass is 35.5. The highest BCUT2D eigenvalue weighted by molar-refractivity contribution is 7.92. The van der Waals surface area contributed by atoms with Crippen LogP contribution in [0.25, 0.3) is 0 Å². The van der Waals surface area contributed by atoms with Gasteiger partial charge in [-0.25, -0.2) is 8.42 Å². The summed E-state index contributed by atoms with van der Waals surface area (Å²) >= 11 is 11.9. The number of benzene rings is 2. The lowest BCUT2D eigenvalue weighted by atomic mass is 10.1. The van der Waals surface area contributed by atoms with Crippen molar-refractivity contribution in [2.75, 3.05) is 15.9 Å². The molecule has 27 heavy (non-hydrogen) atoms. The molecular weight excluding hydrogens is 407 g/mol. The largest absolute Gasteiger partial charge is 0.324 e. The Morgan fingerprint density at radius 3 is 2.22 bits per heavy atom. The lowest BCUT2D eigenvalue weighted by Crippen LogP contribution is -2.47. The van der Waals surface area contributed by atoms with Gasteiger partial charge in [0, 0.05) is 15.7 Å². The molecule has 0 radical (unpaired) electrons. The van der Waals surface area contributed by atoms with Crippen molar-refractivity contribution >= 4 is 50.5 Å². The van der Waals surface area contributed by atoms with Crippen molar-refractivity contribution in [1.29, 1.82) is 0 Å². The third-order valence-corrected chi connectivity index (χ3v) is 5.66. The van der Waals surface area contributed by atoms with Crippen LogP contribution in [0.1, 0.15) is 24.5 Å². The van der Waals surface area contributed by atoms with Crippen molar-refractivity contribution in [3.8, 4) is 0 Å². The van der Waals surface area contributed by atoms with Crippen molar-refractivity contribution < 1.29 is 13.2 Å². The molecule has 1 atom stereocenters. The zero-order valence-electron chi connectivity index (χ0n) is 15.6. The predicted octanol–water partition coefficient (Wildman–Crippen LogP) is 4.79. The first kappa shape index (κ1) is 21.5. The number of nitrogens with zero attached hydrogens (tertiary/aromatic N) is 1. The highest BCUT2D eigenvalue weighted by Crippen LogP contribution is 2.28. The third-order valence-electron chi connectivity index (χ3n) is 4.06. The van der Waals surface area contributed by atoms with Gasteiger partial charge in [0.2, 0.25) is 15.9 Å². The molecule has 0 unspecified atom stereocenters. The monoisotopic (exact) mass is 428 g/mol. The van der Waals surface area contributed by atoms with Crippen molar-refractivity contribution in [2.45, 2.75) is 33.2 Å². The summed E-state index contributed by atoms with van der Waals surface area (Å²) in [7, 11) is -3.70. The maximum atomic E-state index is 12.9. The molecule has 0 heterocycles. The highest BCUT2D eigenvalue weighted by Gasteiger charge is 2.32. The first-order valence-corrected chi connectivity index (χ1v) is 11.0. The molecule has 0 fully saturated rings. The second kappa shape index (κ2) is 8.50. The molecule has 2 aromatic carbocycles. The summed E-state index contributed by atoms with van der Waals surface area (Å²) in [5.74, 6) is -0.456. The Labute approximate surface area is 170 Å². The van der Waals surface area contributed by atoms with E-state index in [9.17, 15) is 13.2 Å². The molecule has 0 aliphatic carbocycles. The molecule has 0 saturated carbocycles. The van der Waals surface area contributed by atoms with Gasteiger partial charge in [0.05, 0.1) is 11.9 Å². The minimum atomic E-state index is -3.70. The maximum absolute atomic E-state index is 12.9. The maximum Gasteiger partial charge on any atom is 0.248 e. The Morgan fingerprint density at radius 1 is 1.11 bits per heavy atom. The van der Waals surface area contributed by atoms with E-state index in [4.69, 9.17) is 23.2 Å². The molecule has 1 amide bonds. The number of sulfonamides is 1. The van der Waals surface area contributed by atoms with Crippen LogP contribution < -0.4 is 9.62 Å². The van der Waals surface area contributed by atoms with Crippen LogP contribution in [0.3, 0.4) is 0 Å². The molecular formula is C19H22Cl2N2O3S. The van der Waals surface area contributed by atoms with Crippen LogP contribution in [-0.2, 0) is 14.8 Å². The number of rotatable bonds is 6. The molecule has 0 spiro atoms. The van der Waals surface area contributed by atoms with Crippen LogP contribution in [0, 0.1) is 13.8 Å². The molecule has 2 aromatic rings. The van der Waals surface area contributed by atoms with Crippen molar-refractivity contribution in [1.82, 2.24) is 0 Å². The molecule has 0 bridgehead atoms. The normalized spacial score (nSPS) is 12.5. The molecule has 1 N–H and O–H groups in total. The molecule has 0 aromatic heterocycles. The van der Waals surface area contributed by atoms with Gasteiger partial charge in [0.25, 0.3) is 0 Å². The molecule has 0 aliphatic heterocycles. The SMILES string of the molecule is CC[C@H](C(=O)Nc1cc(Cl)cc(Cl)c1)N(c1cc(C)ccc1C)S(C)(=O)=O. The van der Waals surface area contributed by atoms with Gasteiger partial charge < -0.3 is 5.32 Å². The van der Waals surface area contributed by atoms with Crippen LogP contribution in [0.2, 0.25) is 10.0 Å². The first-order valence-electron chi connectivity index (χ1n) is 8.36. The van der Waals surface area contributed by atoms with Gasteiger partial charge in [-0.2, -0.15) is 0 Å². The van der Waals surface area contributed by atoms with E-state index in [0.29, 0.717) is 27.8 Å². The van der Waals surface area contributed by atoms with Gasteiger partial charge >= 0.3 is 0 Å². The van der Waals surface area contributed by atoms with E-state index in [-0.39, 0.29) is 0 Å². The summed E-state index contributed by atoms with van der Waals surface area (Å²) < 4.78 is 26.3. The van der Waals surface area contributed by atoms with Crippen molar-refractivity contribution in [3.63, 3.8) is 0 Å². The summed E-state index contributed by atoms with van der Waals surface area (Å²) in [4.78, 5) is 12.9. The number of carbonyl (C=O) groups excluding carboxylic acids is 1. The Balaban J connectivity index is 2.46. The molecule has 146 valence electrons. The minimum Gasteiger partial charge on any atom is -0.324 e. The number of amides is 1. The topological polar surface area (TPSA) is 66.5 Å². The average molecular weight is 429 g/mol. The second-order valence-corrected chi connectivity index (χ2v) is 9.15. The number of nitrogens with one attached hydrogen (secondary N) is 1. The van der Waals surface area contributed by atoms with Crippen molar-refractivity contribution in [2.24, 2.45) is 0 Å². The van der Waals surface area contributed by atoms with E-state index in [1.54, 1.807) is 31.2 Å². The minimum absolute atomic E-state index is 0.292. The number of hydrogen-bond donors (Lipinski definition) is 1. The number of anilines is 2. The fourth-order valence-corrected chi connectivity index (χ4v) is 4.63. The zero-order valence-corrected chi connectivity index (χ0v) is 17.9. The second-order valence-electron chi connectivity index (χ2n) is 6.42. The predicted molar refractivity (Wildman–Crippen MR) is 112 cm³/mol. The molecule has 2 rings (SSSR count). The van der Waals surface area contributed by atoms with E-state index >= 15 is 0 Å². The number of hydrogen-bond acceptors (Lipinski definition) is 3. The van der Waals surface area contributed by atoms with Crippen LogP contribution in [0.15, 0.2) is 36.4 Å². The zero-order chi connectivity index (χ0) is 20.4. The summed E-state index contributed by atoms with van der Waals surface area (Å²) in [5, 5.41) is 3.47. The van der Waals surface area contributed by atoms with Gasteiger partial charge in [0.1, 0.15) is 6.04 Å². The molecule has 0 saturated heterocycles. The Kier molecular flexibility index (Phi) is 6.78. The Bertz CT molecular complexity index is 941. The molecule has 0 aliphatic rings. The van der Waals surface area contributed by atoms with Crippen LogP contribution >= 0.6 is 23.2 Å². The van der Waals surface area contributed by atoms with Crippen LogP contribution in [0.4, 0.5) is 11.4 Å². The Morgan fingerprint density at radius 2 is 1.70 bits per heavy atom. The number of halogens is 2. The quantitative estimate of drug-likeness (QED) is 0.718. The Hall–Kier alpha value is -1.76. The van der Waals surface area contributed by atoms with Gasteiger partial charge in [-0.05, 0) is 55.7 Å². The number of aryl methyl sites for hydroxylation is 2. The standard InChI is InChI=1S/C19H22Cl2N2O3S/c1-5-17(19(24)22-16-10-14(20)9-15(21)11-16)23(27(4,25)26)18-8-12(2)6-7-13(18)3/h6-11,17H,5H2,1-4H3,(H,22,24)/t17-/m1/s1. The van der Waals surface area contributed by atoms with Crippen LogP contribution in [0.5, 0.6) is 0 Å². The third kappa shape index (κ3) is 5.37. The number of carbonyl (C=O) groups is 1. The average Bonchev–Trinajstić information content (AvgIpc) is 2.52.